The van der Waals surface area contributed by atoms with E-state index >= 15 is 0 Å². The maximum atomic E-state index is 13.4. The Bertz CT molecular complexity index is 706. The van der Waals surface area contributed by atoms with Crippen molar-refractivity contribution in [1.82, 2.24) is 4.90 Å². The quantitative estimate of drug-likeness (QED) is 0.805. The van der Waals surface area contributed by atoms with E-state index in [0.29, 0.717) is 6.07 Å². The molecule has 2 atom stereocenters. The van der Waals surface area contributed by atoms with Crippen LogP contribution < -0.4 is 4.90 Å². The molecule has 0 radical (unpaired) electrons. The molecule has 2 aliphatic rings. The van der Waals surface area contributed by atoms with Crippen molar-refractivity contribution >= 4 is 23.5 Å². The third-order valence-electron chi connectivity index (χ3n) is 4.32. The van der Waals surface area contributed by atoms with Crippen LogP contribution in [-0.2, 0) is 19.1 Å². The normalized spacial score (nSPS) is 23.8. The van der Waals surface area contributed by atoms with Crippen molar-refractivity contribution in [3.05, 3.63) is 29.8 Å². The van der Waals surface area contributed by atoms with Crippen LogP contribution in [0.25, 0.3) is 0 Å². The maximum absolute atomic E-state index is 13.4. The minimum absolute atomic E-state index is 0.0585. The van der Waals surface area contributed by atoms with Crippen LogP contribution in [0.1, 0.15) is 6.42 Å². The van der Waals surface area contributed by atoms with E-state index in [9.17, 15) is 23.2 Å². The fourth-order valence-corrected chi connectivity index (χ4v) is 3.08. The summed E-state index contributed by atoms with van der Waals surface area (Å²) in [6, 6.07) is 2.76. The Morgan fingerprint density at radius 1 is 1.16 bits per heavy atom. The number of halogens is 2. The lowest BCUT2D eigenvalue weighted by Gasteiger charge is -2.32. The van der Waals surface area contributed by atoms with Crippen LogP contribution in [0.3, 0.4) is 0 Å². The molecule has 1 N–H and O–H groups in total. The van der Waals surface area contributed by atoms with Crippen LogP contribution in [0.15, 0.2) is 18.2 Å². The van der Waals surface area contributed by atoms with Crippen molar-refractivity contribution in [2.75, 3.05) is 31.1 Å². The van der Waals surface area contributed by atoms with Gasteiger partial charge in [0.15, 0.2) is 6.10 Å². The number of carbonyl (C=O) groups is 3. The number of hydrogen-bond acceptors (Lipinski definition) is 4. The first-order valence-electron chi connectivity index (χ1n) is 7.77. The summed E-state index contributed by atoms with van der Waals surface area (Å²) < 4.78 is 31.8. The molecule has 1 aromatic carbocycles. The minimum Gasteiger partial charge on any atom is -0.479 e. The highest BCUT2D eigenvalue weighted by Gasteiger charge is 2.41. The van der Waals surface area contributed by atoms with Crippen molar-refractivity contribution in [2.45, 2.75) is 12.5 Å². The second-order valence-corrected chi connectivity index (χ2v) is 5.94. The summed E-state index contributed by atoms with van der Waals surface area (Å²) in [5.41, 5.74) is 0.0585. The predicted molar refractivity (Wildman–Crippen MR) is 80.8 cm³/mol. The zero-order valence-corrected chi connectivity index (χ0v) is 13.2. The Hall–Kier alpha value is -2.55. The van der Waals surface area contributed by atoms with Gasteiger partial charge >= 0.3 is 5.97 Å². The van der Waals surface area contributed by atoms with E-state index in [1.54, 1.807) is 0 Å². The van der Waals surface area contributed by atoms with E-state index in [2.05, 4.69) is 0 Å². The van der Waals surface area contributed by atoms with Crippen LogP contribution >= 0.6 is 0 Å². The SMILES string of the molecule is O=C(O)[C@H]1CN(C(=O)[C@H]2CCN(c3cc(F)cc(F)c3)C2=O)CCO1. The summed E-state index contributed by atoms with van der Waals surface area (Å²) in [6.45, 7) is 0.292. The number of carbonyl (C=O) groups excluding carboxylic acids is 2. The lowest BCUT2D eigenvalue weighted by atomic mass is 10.1. The Morgan fingerprint density at radius 2 is 1.84 bits per heavy atom. The monoisotopic (exact) mass is 354 g/mol. The van der Waals surface area contributed by atoms with Crippen LogP contribution in [0, 0.1) is 17.6 Å². The third kappa shape index (κ3) is 3.46. The van der Waals surface area contributed by atoms with Gasteiger partial charge < -0.3 is 19.6 Å². The van der Waals surface area contributed by atoms with Crippen molar-refractivity contribution < 1.29 is 33.0 Å². The molecule has 25 heavy (non-hydrogen) atoms. The fraction of sp³-hybridized carbons (Fsp3) is 0.438. The molecule has 7 nitrogen and oxygen atoms in total. The molecule has 0 saturated carbocycles. The van der Waals surface area contributed by atoms with Crippen LogP contribution in [-0.4, -0.2) is 60.1 Å². The van der Waals surface area contributed by atoms with Crippen molar-refractivity contribution in [2.24, 2.45) is 5.92 Å². The number of benzene rings is 1. The van der Waals surface area contributed by atoms with E-state index in [-0.39, 0.29) is 38.3 Å². The molecule has 9 heteroatoms. The topological polar surface area (TPSA) is 87.2 Å². The number of amides is 2. The minimum atomic E-state index is -1.17. The summed E-state index contributed by atoms with van der Waals surface area (Å²) in [5, 5.41) is 8.99. The largest absolute Gasteiger partial charge is 0.479 e. The molecule has 0 unspecified atom stereocenters. The maximum Gasteiger partial charge on any atom is 0.334 e. The molecular formula is C16H16F2N2O5. The highest BCUT2D eigenvalue weighted by molar-refractivity contribution is 6.09. The molecule has 134 valence electrons. The Balaban J connectivity index is 1.73. The number of hydrogen-bond donors (Lipinski definition) is 1. The van der Waals surface area contributed by atoms with E-state index < -0.39 is 41.4 Å². The molecule has 2 heterocycles. The molecule has 0 bridgehead atoms. The molecule has 0 aromatic heterocycles. The molecule has 2 saturated heterocycles. The number of nitrogens with zero attached hydrogens (tertiary/aromatic N) is 2. The van der Waals surface area contributed by atoms with Crippen molar-refractivity contribution in [3.8, 4) is 0 Å². The first kappa shape index (κ1) is 17.3. The molecule has 3 rings (SSSR count). The molecule has 1 aromatic rings. The van der Waals surface area contributed by atoms with E-state index in [1.807, 2.05) is 0 Å². The number of rotatable bonds is 3. The van der Waals surface area contributed by atoms with E-state index in [1.165, 1.54) is 9.80 Å². The summed E-state index contributed by atoms with van der Waals surface area (Å²) in [5.74, 6) is -4.82. The highest BCUT2D eigenvalue weighted by atomic mass is 19.1. The summed E-state index contributed by atoms with van der Waals surface area (Å²) in [6.07, 6.45) is -0.923. The predicted octanol–water partition coefficient (Wildman–Crippen LogP) is 0.630. The smallest absolute Gasteiger partial charge is 0.334 e. The zero-order chi connectivity index (χ0) is 18.1. The van der Waals surface area contributed by atoms with Gasteiger partial charge in [-0.3, -0.25) is 9.59 Å². The number of carboxylic acid groups (broad SMARTS) is 1. The van der Waals surface area contributed by atoms with Gasteiger partial charge in [0.05, 0.1) is 13.2 Å². The van der Waals surface area contributed by atoms with Gasteiger partial charge in [-0.25, -0.2) is 13.6 Å². The van der Waals surface area contributed by atoms with Crippen LogP contribution in [0.2, 0.25) is 0 Å². The second-order valence-electron chi connectivity index (χ2n) is 5.94. The molecule has 2 aliphatic heterocycles. The Labute approximate surface area is 141 Å². The molecule has 2 fully saturated rings. The Morgan fingerprint density at radius 3 is 2.48 bits per heavy atom. The molecule has 0 spiro atoms. The first-order valence-corrected chi connectivity index (χ1v) is 7.77. The highest BCUT2D eigenvalue weighted by Crippen LogP contribution is 2.28. The van der Waals surface area contributed by atoms with Crippen LogP contribution in [0.4, 0.5) is 14.5 Å². The van der Waals surface area contributed by atoms with Crippen LogP contribution in [0.5, 0.6) is 0 Å². The van der Waals surface area contributed by atoms with Crippen molar-refractivity contribution in [1.29, 1.82) is 0 Å². The lowest BCUT2D eigenvalue weighted by Crippen LogP contribution is -2.51. The number of ether oxygens (including phenoxy) is 1. The molecular weight excluding hydrogens is 338 g/mol. The summed E-state index contributed by atoms with van der Waals surface area (Å²) >= 11 is 0. The van der Waals surface area contributed by atoms with Gasteiger partial charge in [0, 0.05) is 24.8 Å². The number of anilines is 1. The van der Waals surface area contributed by atoms with Gasteiger partial charge in [-0.1, -0.05) is 0 Å². The van der Waals surface area contributed by atoms with Gasteiger partial charge in [-0.15, -0.1) is 0 Å². The van der Waals surface area contributed by atoms with Crippen molar-refractivity contribution in [3.63, 3.8) is 0 Å². The first-order chi connectivity index (χ1) is 11.9. The van der Waals surface area contributed by atoms with Gasteiger partial charge in [0.25, 0.3) is 0 Å². The Kier molecular flexibility index (Phi) is 4.67. The fourth-order valence-electron chi connectivity index (χ4n) is 3.08. The van der Waals surface area contributed by atoms with Gasteiger partial charge in [0.1, 0.15) is 17.6 Å². The summed E-state index contributed by atoms with van der Waals surface area (Å²) in [7, 11) is 0. The number of aliphatic carboxylic acids is 1. The second kappa shape index (κ2) is 6.75. The number of carboxylic acids is 1. The van der Waals surface area contributed by atoms with Gasteiger partial charge in [-0.2, -0.15) is 0 Å². The molecule has 0 aliphatic carbocycles. The number of morpholine rings is 1. The van der Waals surface area contributed by atoms with E-state index in [0.717, 1.165) is 12.1 Å². The average Bonchev–Trinajstić information content (AvgIpc) is 2.95. The zero-order valence-electron chi connectivity index (χ0n) is 13.2. The lowest BCUT2D eigenvalue weighted by molar-refractivity contribution is -0.160. The van der Waals surface area contributed by atoms with Gasteiger partial charge in [0.2, 0.25) is 11.8 Å². The summed E-state index contributed by atoms with van der Waals surface area (Å²) in [4.78, 5) is 38.5. The van der Waals surface area contributed by atoms with E-state index in [4.69, 9.17) is 9.84 Å². The third-order valence-corrected chi connectivity index (χ3v) is 4.32. The van der Waals surface area contributed by atoms with Gasteiger partial charge in [-0.05, 0) is 18.6 Å². The molecule has 2 amide bonds. The average molecular weight is 354 g/mol. The standard InChI is InChI=1S/C16H16F2N2O5/c17-9-5-10(18)7-11(6-9)20-2-1-12(15(20)22)14(21)19-3-4-25-13(8-19)16(23)24/h5-7,12-13H,1-4,8H2,(H,23,24)/t12-,13-/m1/s1.